The van der Waals surface area contributed by atoms with Crippen LogP contribution in [-0.4, -0.2) is 23.9 Å². The van der Waals surface area contributed by atoms with Crippen LogP contribution in [0.25, 0.3) is 0 Å². The van der Waals surface area contributed by atoms with Crippen molar-refractivity contribution in [1.82, 2.24) is 4.90 Å². The number of nitrogen functional groups attached to an aromatic ring is 1. The molecular formula is C11H16FN3O. The van der Waals surface area contributed by atoms with Crippen molar-refractivity contribution < 1.29 is 9.18 Å². The van der Waals surface area contributed by atoms with Gasteiger partial charge < -0.3 is 11.5 Å². The van der Waals surface area contributed by atoms with Gasteiger partial charge in [0.25, 0.3) is 0 Å². The number of hydrogen-bond acceptors (Lipinski definition) is 3. The Morgan fingerprint density at radius 2 is 2.19 bits per heavy atom. The Balaban J connectivity index is 2.73. The molecule has 88 valence electrons. The number of likely N-dealkylation sites (N-methyl/N-ethyl adjacent to an activating group) is 1. The van der Waals surface area contributed by atoms with Gasteiger partial charge in [-0.2, -0.15) is 0 Å². The molecule has 0 aliphatic heterocycles. The molecule has 0 radical (unpaired) electrons. The quantitative estimate of drug-likeness (QED) is 0.725. The van der Waals surface area contributed by atoms with Gasteiger partial charge in [0.05, 0.1) is 6.54 Å². The number of benzene rings is 1. The summed E-state index contributed by atoms with van der Waals surface area (Å²) in [6.45, 7) is 3.00. The van der Waals surface area contributed by atoms with Gasteiger partial charge in [-0.3, -0.25) is 9.69 Å². The number of hydrogen-bond donors (Lipinski definition) is 2. The molecule has 0 atom stereocenters. The number of carbonyl (C=O) groups excluding carboxylic acids is 1. The highest BCUT2D eigenvalue weighted by atomic mass is 19.1. The fourth-order valence-corrected chi connectivity index (χ4v) is 1.43. The van der Waals surface area contributed by atoms with E-state index in [1.54, 1.807) is 17.0 Å². The van der Waals surface area contributed by atoms with E-state index in [4.69, 9.17) is 11.5 Å². The molecule has 16 heavy (non-hydrogen) atoms. The molecule has 0 spiro atoms. The zero-order valence-corrected chi connectivity index (χ0v) is 9.24. The normalized spacial score (nSPS) is 10.7. The molecule has 0 unspecified atom stereocenters. The second-order valence-corrected chi connectivity index (χ2v) is 3.62. The smallest absolute Gasteiger partial charge is 0.231 e. The maximum Gasteiger partial charge on any atom is 0.231 e. The van der Waals surface area contributed by atoms with E-state index in [1.165, 1.54) is 6.07 Å². The molecule has 4 nitrogen and oxygen atoms in total. The lowest BCUT2D eigenvalue weighted by atomic mass is 10.2. The zero-order valence-electron chi connectivity index (χ0n) is 9.24. The van der Waals surface area contributed by atoms with E-state index < -0.39 is 5.91 Å². The lowest BCUT2D eigenvalue weighted by Gasteiger charge is -2.18. The Morgan fingerprint density at radius 1 is 1.50 bits per heavy atom. The maximum absolute atomic E-state index is 13.5. The average molecular weight is 225 g/mol. The average Bonchev–Trinajstić information content (AvgIpc) is 2.20. The Kier molecular flexibility index (Phi) is 4.25. The Morgan fingerprint density at radius 3 is 2.69 bits per heavy atom. The minimum absolute atomic E-state index is 0.125. The van der Waals surface area contributed by atoms with Crippen molar-refractivity contribution in [2.24, 2.45) is 5.73 Å². The molecule has 0 fully saturated rings. The first-order valence-electron chi connectivity index (χ1n) is 5.07. The second kappa shape index (κ2) is 5.46. The number of halogens is 1. The number of primary amides is 1. The number of nitrogens with two attached hydrogens (primary N) is 2. The first-order valence-corrected chi connectivity index (χ1v) is 5.07. The molecule has 0 saturated carbocycles. The number of rotatable bonds is 5. The number of anilines is 1. The predicted molar refractivity (Wildman–Crippen MR) is 61.0 cm³/mol. The van der Waals surface area contributed by atoms with Crippen LogP contribution < -0.4 is 11.5 Å². The highest BCUT2D eigenvalue weighted by molar-refractivity contribution is 5.75. The van der Waals surface area contributed by atoms with Crippen LogP contribution >= 0.6 is 0 Å². The van der Waals surface area contributed by atoms with Gasteiger partial charge in [-0.05, 0) is 18.7 Å². The van der Waals surface area contributed by atoms with E-state index in [0.717, 1.165) is 0 Å². The summed E-state index contributed by atoms with van der Waals surface area (Å²) in [5, 5.41) is 0. The first kappa shape index (κ1) is 12.4. The third-order valence-electron chi connectivity index (χ3n) is 2.30. The standard InChI is InChI=1S/C11H16FN3O/c1-2-15(7-11(14)16)6-8-3-4-9(13)5-10(8)12/h3-5H,2,6-7,13H2,1H3,(H2,14,16). The summed E-state index contributed by atoms with van der Waals surface area (Å²) in [6, 6.07) is 4.53. The SMILES string of the molecule is CCN(CC(N)=O)Cc1ccc(N)cc1F. The number of nitrogens with zero attached hydrogens (tertiary/aromatic N) is 1. The molecule has 5 heteroatoms. The van der Waals surface area contributed by atoms with E-state index in [9.17, 15) is 9.18 Å². The molecular weight excluding hydrogens is 209 g/mol. The summed E-state index contributed by atoms with van der Waals surface area (Å²) in [5.41, 5.74) is 11.4. The summed E-state index contributed by atoms with van der Waals surface area (Å²) in [7, 11) is 0. The van der Waals surface area contributed by atoms with Crippen molar-refractivity contribution in [2.45, 2.75) is 13.5 Å². The summed E-state index contributed by atoms with van der Waals surface area (Å²) in [4.78, 5) is 12.5. The summed E-state index contributed by atoms with van der Waals surface area (Å²) >= 11 is 0. The van der Waals surface area contributed by atoms with Crippen LogP contribution in [0.15, 0.2) is 18.2 Å². The van der Waals surface area contributed by atoms with Gasteiger partial charge in [0.15, 0.2) is 0 Å². The highest BCUT2D eigenvalue weighted by Gasteiger charge is 2.10. The van der Waals surface area contributed by atoms with Gasteiger partial charge in [0.2, 0.25) is 5.91 Å². The van der Waals surface area contributed by atoms with Gasteiger partial charge >= 0.3 is 0 Å². The van der Waals surface area contributed by atoms with E-state index in [0.29, 0.717) is 24.3 Å². The van der Waals surface area contributed by atoms with Crippen molar-refractivity contribution in [3.05, 3.63) is 29.6 Å². The monoisotopic (exact) mass is 225 g/mol. The summed E-state index contributed by atoms with van der Waals surface area (Å²) in [6.07, 6.45) is 0. The largest absolute Gasteiger partial charge is 0.399 e. The lowest BCUT2D eigenvalue weighted by molar-refractivity contribution is -0.119. The van der Waals surface area contributed by atoms with Crippen LogP contribution in [0.3, 0.4) is 0 Å². The van der Waals surface area contributed by atoms with E-state index in [1.807, 2.05) is 6.92 Å². The highest BCUT2D eigenvalue weighted by Crippen LogP contribution is 2.13. The molecule has 0 aliphatic rings. The summed E-state index contributed by atoms with van der Waals surface area (Å²) in [5.74, 6) is -0.777. The second-order valence-electron chi connectivity index (χ2n) is 3.62. The van der Waals surface area contributed by atoms with Crippen molar-refractivity contribution >= 4 is 11.6 Å². The van der Waals surface area contributed by atoms with Crippen LogP contribution in [0, 0.1) is 5.82 Å². The first-order chi connectivity index (χ1) is 7.52. The fourth-order valence-electron chi connectivity index (χ4n) is 1.43. The van der Waals surface area contributed by atoms with Crippen LogP contribution in [-0.2, 0) is 11.3 Å². The maximum atomic E-state index is 13.5. The van der Waals surface area contributed by atoms with Crippen LogP contribution in [0.1, 0.15) is 12.5 Å². The van der Waals surface area contributed by atoms with Crippen LogP contribution in [0.2, 0.25) is 0 Å². The minimum atomic E-state index is -0.419. The van der Waals surface area contributed by atoms with Crippen LogP contribution in [0.5, 0.6) is 0 Å². The van der Waals surface area contributed by atoms with Crippen molar-refractivity contribution in [3.8, 4) is 0 Å². The zero-order chi connectivity index (χ0) is 12.1. The summed E-state index contributed by atoms with van der Waals surface area (Å²) < 4.78 is 13.5. The molecule has 0 heterocycles. The van der Waals surface area contributed by atoms with E-state index >= 15 is 0 Å². The molecule has 1 aromatic carbocycles. The predicted octanol–water partition coefficient (Wildman–Crippen LogP) is 0.715. The minimum Gasteiger partial charge on any atom is -0.399 e. The van der Waals surface area contributed by atoms with Crippen molar-refractivity contribution in [3.63, 3.8) is 0 Å². The molecule has 0 bridgehead atoms. The van der Waals surface area contributed by atoms with Crippen molar-refractivity contribution in [1.29, 1.82) is 0 Å². The van der Waals surface area contributed by atoms with Gasteiger partial charge in [0.1, 0.15) is 5.82 Å². The molecule has 0 saturated heterocycles. The van der Waals surface area contributed by atoms with Gasteiger partial charge in [-0.25, -0.2) is 4.39 Å². The third kappa shape index (κ3) is 3.51. The molecule has 4 N–H and O–H groups in total. The number of amides is 1. The Bertz CT molecular complexity index is 381. The molecule has 1 aromatic rings. The van der Waals surface area contributed by atoms with Gasteiger partial charge in [-0.15, -0.1) is 0 Å². The van der Waals surface area contributed by atoms with Gasteiger partial charge in [0, 0.05) is 17.8 Å². The van der Waals surface area contributed by atoms with E-state index in [2.05, 4.69) is 0 Å². The molecule has 1 rings (SSSR count). The van der Waals surface area contributed by atoms with Crippen molar-refractivity contribution in [2.75, 3.05) is 18.8 Å². The topological polar surface area (TPSA) is 72.3 Å². The number of carbonyl (C=O) groups is 1. The Hall–Kier alpha value is -1.62. The van der Waals surface area contributed by atoms with E-state index in [-0.39, 0.29) is 12.4 Å². The molecule has 1 amide bonds. The fraction of sp³-hybridized carbons (Fsp3) is 0.364. The lowest BCUT2D eigenvalue weighted by Crippen LogP contribution is -2.33. The van der Waals surface area contributed by atoms with Crippen LogP contribution in [0.4, 0.5) is 10.1 Å². The van der Waals surface area contributed by atoms with Gasteiger partial charge in [-0.1, -0.05) is 13.0 Å². The Labute approximate surface area is 94.0 Å². The molecule has 0 aromatic heterocycles. The third-order valence-corrected chi connectivity index (χ3v) is 2.30. The molecule has 0 aliphatic carbocycles.